The fourth-order valence-electron chi connectivity index (χ4n) is 4.33. The Morgan fingerprint density at radius 3 is 2.85 bits per heavy atom. The van der Waals surface area contributed by atoms with Crippen LogP contribution in [0.5, 0.6) is 0 Å². The number of morpholine rings is 1. The number of aromatic nitrogens is 3. The summed E-state index contributed by atoms with van der Waals surface area (Å²) in [6, 6.07) is 15.3. The van der Waals surface area contributed by atoms with E-state index in [9.17, 15) is 4.79 Å². The van der Waals surface area contributed by atoms with E-state index in [4.69, 9.17) is 15.0 Å². The molecule has 1 fully saturated rings. The van der Waals surface area contributed by atoms with E-state index in [0.29, 0.717) is 22.6 Å². The van der Waals surface area contributed by atoms with E-state index in [2.05, 4.69) is 46.2 Å². The van der Waals surface area contributed by atoms with Crippen molar-refractivity contribution in [1.29, 1.82) is 5.26 Å². The van der Waals surface area contributed by atoms with Crippen molar-refractivity contribution in [3.63, 3.8) is 0 Å². The summed E-state index contributed by atoms with van der Waals surface area (Å²) in [6.07, 6.45) is 3.44. The van der Waals surface area contributed by atoms with Gasteiger partial charge in [-0.25, -0.2) is 9.97 Å². The number of benzene rings is 1. The first-order valence-electron chi connectivity index (χ1n) is 11.1. The molecule has 8 nitrogen and oxygen atoms in total. The van der Waals surface area contributed by atoms with E-state index < -0.39 is 0 Å². The first-order chi connectivity index (χ1) is 16.5. The molecular formula is C26H24N6O2. The molecule has 0 saturated carbocycles. The van der Waals surface area contributed by atoms with Gasteiger partial charge in [0.1, 0.15) is 17.6 Å². The lowest BCUT2D eigenvalue weighted by molar-refractivity contribution is 0.0532. The molecule has 0 radical (unpaired) electrons. The summed E-state index contributed by atoms with van der Waals surface area (Å²) in [5, 5.41) is 13.6. The zero-order valence-electron chi connectivity index (χ0n) is 19.0. The third-order valence-corrected chi connectivity index (χ3v) is 5.97. The van der Waals surface area contributed by atoms with E-state index in [1.165, 1.54) is 5.69 Å². The first kappa shape index (κ1) is 21.6. The van der Waals surface area contributed by atoms with Crippen LogP contribution < -0.4 is 15.8 Å². The van der Waals surface area contributed by atoms with Gasteiger partial charge < -0.3 is 19.9 Å². The SMILES string of the molecule is Cc1cc(Nc2nc(-c3ccc(C#N)nc3)cc3cc[nH]c(=O)c23)ccc1N1CCO[C@H](C)C1. The highest BCUT2D eigenvalue weighted by atomic mass is 16.5. The fourth-order valence-corrected chi connectivity index (χ4v) is 4.33. The molecule has 170 valence electrons. The van der Waals surface area contributed by atoms with Gasteiger partial charge in [-0.05, 0) is 67.3 Å². The second kappa shape index (κ2) is 8.96. The summed E-state index contributed by atoms with van der Waals surface area (Å²) in [5.74, 6) is 0.464. The van der Waals surface area contributed by atoms with Gasteiger partial charge in [0, 0.05) is 42.4 Å². The zero-order chi connectivity index (χ0) is 23.7. The number of hydrogen-bond donors (Lipinski definition) is 2. The third kappa shape index (κ3) is 4.21. The Hall–Kier alpha value is -4.22. The van der Waals surface area contributed by atoms with Crippen molar-refractivity contribution in [2.75, 3.05) is 29.9 Å². The van der Waals surface area contributed by atoms with Gasteiger partial charge in [0.2, 0.25) is 0 Å². The highest BCUT2D eigenvalue weighted by Crippen LogP contribution is 2.30. The minimum absolute atomic E-state index is 0.202. The quantitative estimate of drug-likeness (QED) is 0.479. The molecular weight excluding hydrogens is 428 g/mol. The minimum atomic E-state index is -0.215. The van der Waals surface area contributed by atoms with Crippen molar-refractivity contribution in [2.24, 2.45) is 0 Å². The lowest BCUT2D eigenvalue weighted by atomic mass is 10.1. The Kier molecular flexibility index (Phi) is 5.70. The maximum Gasteiger partial charge on any atom is 0.259 e. The highest BCUT2D eigenvalue weighted by Gasteiger charge is 2.19. The molecule has 0 bridgehead atoms. The molecule has 1 aromatic carbocycles. The smallest absolute Gasteiger partial charge is 0.259 e. The summed E-state index contributed by atoms with van der Waals surface area (Å²) < 4.78 is 5.67. The van der Waals surface area contributed by atoms with Crippen molar-refractivity contribution in [1.82, 2.24) is 15.0 Å². The van der Waals surface area contributed by atoms with Crippen LogP contribution in [0, 0.1) is 18.3 Å². The van der Waals surface area contributed by atoms with Crippen LogP contribution in [0.2, 0.25) is 0 Å². The molecule has 1 saturated heterocycles. The van der Waals surface area contributed by atoms with Crippen molar-refractivity contribution in [3.8, 4) is 17.3 Å². The van der Waals surface area contributed by atoms with Gasteiger partial charge in [-0.15, -0.1) is 0 Å². The van der Waals surface area contributed by atoms with Crippen LogP contribution in [0.25, 0.3) is 22.0 Å². The summed E-state index contributed by atoms with van der Waals surface area (Å²) >= 11 is 0. The van der Waals surface area contributed by atoms with Crippen LogP contribution in [0.1, 0.15) is 18.2 Å². The molecule has 4 aromatic rings. The molecule has 3 aromatic heterocycles. The topological polar surface area (TPSA) is 107 Å². The largest absolute Gasteiger partial charge is 0.375 e. The predicted molar refractivity (Wildman–Crippen MR) is 132 cm³/mol. The lowest BCUT2D eigenvalue weighted by Gasteiger charge is -2.34. The molecule has 0 spiro atoms. The van der Waals surface area contributed by atoms with E-state index in [-0.39, 0.29) is 11.7 Å². The molecule has 0 unspecified atom stereocenters. The predicted octanol–water partition coefficient (Wildman–Crippen LogP) is 4.13. The van der Waals surface area contributed by atoms with Crippen molar-refractivity contribution >= 4 is 28.0 Å². The Bertz CT molecular complexity index is 1460. The summed E-state index contributed by atoms with van der Waals surface area (Å²) in [7, 11) is 0. The van der Waals surface area contributed by atoms with Crippen molar-refractivity contribution in [2.45, 2.75) is 20.0 Å². The van der Waals surface area contributed by atoms with Gasteiger partial charge in [-0.2, -0.15) is 5.26 Å². The van der Waals surface area contributed by atoms with E-state index in [1.807, 2.05) is 24.3 Å². The summed E-state index contributed by atoms with van der Waals surface area (Å²) in [4.78, 5) is 26.7. The Morgan fingerprint density at radius 1 is 1.24 bits per heavy atom. The van der Waals surface area contributed by atoms with E-state index in [1.54, 1.807) is 24.5 Å². The highest BCUT2D eigenvalue weighted by molar-refractivity contribution is 5.95. The number of H-pyrrole nitrogens is 1. The molecule has 0 amide bonds. The van der Waals surface area contributed by atoms with Gasteiger partial charge in [-0.1, -0.05) is 0 Å². The number of hydrogen-bond acceptors (Lipinski definition) is 7. The minimum Gasteiger partial charge on any atom is -0.375 e. The molecule has 4 heterocycles. The number of fused-ring (bicyclic) bond motifs is 1. The number of nitriles is 1. The molecule has 1 atom stereocenters. The van der Waals surface area contributed by atoms with Gasteiger partial charge in [0.05, 0.1) is 23.8 Å². The second-order valence-corrected chi connectivity index (χ2v) is 8.42. The van der Waals surface area contributed by atoms with Crippen LogP contribution >= 0.6 is 0 Å². The number of aryl methyl sites for hydroxylation is 1. The first-order valence-corrected chi connectivity index (χ1v) is 11.1. The molecule has 2 N–H and O–H groups in total. The summed E-state index contributed by atoms with van der Waals surface area (Å²) in [6.45, 7) is 6.60. The molecule has 1 aliphatic heterocycles. The Balaban J connectivity index is 1.53. The lowest BCUT2D eigenvalue weighted by Crippen LogP contribution is -2.41. The van der Waals surface area contributed by atoms with E-state index >= 15 is 0 Å². The van der Waals surface area contributed by atoms with Crippen LogP contribution in [0.4, 0.5) is 17.2 Å². The number of ether oxygens (including phenoxy) is 1. The van der Waals surface area contributed by atoms with Crippen molar-refractivity contribution < 1.29 is 4.74 Å². The van der Waals surface area contributed by atoms with Gasteiger partial charge in [0.15, 0.2) is 0 Å². The van der Waals surface area contributed by atoms with Crippen LogP contribution in [0.15, 0.2) is 59.7 Å². The van der Waals surface area contributed by atoms with Gasteiger partial charge in [0.25, 0.3) is 5.56 Å². The Morgan fingerprint density at radius 2 is 2.12 bits per heavy atom. The average Bonchev–Trinajstić information content (AvgIpc) is 2.84. The number of aromatic amines is 1. The molecule has 5 rings (SSSR count). The van der Waals surface area contributed by atoms with Gasteiger partial charge >= 0.3 is 0 Å². The maximum absolute atomic E-state index is 12.7. The number of anilines is 3. The average molecular weight is 453 g/mol. The second-order valence-electron chi connectivity index (χ2n) is 8.42. The van der Waals surface area contributed by atoms with Crippen LogP contribution in [-0.4, -0.2) is 40.8 Å². The number of pyridine rings is 3. The molecule has 8 heteroatoms. The number of nitrogens with zero attached hydrogens (tertiary/aromatic N) is 4. The monoisotopic (exact) mass is 452 g/mol. The molecule has 34 heavy (non-hydrogen) atoms. The standard InChI is InChI=1S/C26H24N6O2/c1-16-11-20(5-6-23(16)32-9-10-34-17(2)15-32)30-25-24-18(7-8-28-26(24)33)12-22(31-25)19-3-4-21(13-27)29-14-19/h3-8,11-12,14,17H,9-10,15H2,1-2H3,(H,28,33)(H,30,31)/t17-/m1/s1. The zero-order valence-corrected chi connectivity index (χ0v) is 19.0. The normalized spacial score (nSPS) is 15.8. The Labute approximate surface area is 196 Å². The van der Waals surface area contributed by atoms with Gasteiger partial charge in [-0.3, -0.25) is 4.79 Å². The summed E-state index contributed by atoms with van der Waals surface area (Å²) in [5.41, 5.74) is 4.69. The van der Waals surface area contributed by atoms with Crippen LogP contribution in [0.3, 0.4) is 0 Å². The third-order valence-electron chi connectivity index (χ3n) is 5.97. The van der Waals surface area contributed by atoms with E-state index in [0.717, 1.165) is 41.9 Å². The maximum atomic E-state index is 12.7. The molecule has 1 aliphatic rings. The number of rotatable bonds is 4. The number of nitrogens with one attached hydrogen (secondary N) is 2. The van der Waals surface area contributed by atoms with Crippen molar-refractivity contribution in [3.05, 3.63) is 76.5 Å². The van der Waals surface area contributed by atoms with Crippen LogP contribution in [-0.2, 0) is 4.74 Å². The fraction of sp³-hybridized carbons (Fsp3) is 0.231. The molecule has 0 aliphatic carbocycles.